The molecule has 1 aliphatic heterocycles. The predicted molar refractivity (Wildman–Crippen MR) is 170 cm³/mol. The zero-order chi connectivity index (χ0) is 35.5. The highest BCUT2D eigenvalue weighted by Gasteiger charge is 2.30. The molecule has 18 nitrogen and oxygen atoms in total. The van der Waals surface area contributed by atoms with Crippen molar-refractivity contribution in [2.24, 2.45) is 0 Å². The lowest BCUT2D eigenvalue weighted by Crippen LogP contribution is -2.50. The number of carbonyl (C=O) groups is 6. The van der Waals surface area contributed by atoms with Gasteiger partial charge in [-0.3, -0.25) is 33.8 Å². The topological polar surface area (TPSA) is 263 Å². The number of nitrogen functional groups attached to an aromatic ring is 1. The number of aromatic nitrogens is 2. The molecule has 2 amide bonds. The minimum absolute atomic E-state index is 0.0603. The molecule has 0 saturated carbocycles. The SMILES string of the molecule is CC(=O)OC(C[N+](C)(C)C)C(C)=O.Nc1nc2c(c(=O)[nH]1)N(C=O)[C@@H](CNc1ccc(C(=O)NC(CCC(=O)O)C(=O)O)cc1)CN2. The van der Waals surface area contributed by atoms with Gasteiger partial charge in [0.05, 0.1) is 27.2 Å². The molecule has 2 heterocycles. The van der Waals surface area contributed by atoms with Crippen molar-refractivity contribution in [1.82, 2.24) is 15.3 Å². The van der Waals surface area contributed by atoms with Crippen molar-refractivity contribution in [3.05, 3.63) is 40.2 Å². The first-order valence-corrected chi connectivity index (χ1v) is 14.4. The van der Waals surface area contributed by atoms with Gasteiger partial charge in [0.15, 0.2) is 17.3 Å². The minimum atomic E-state index is -1.33. The van der Waals surface area contributed by atoms with Crippen molar-refractivity contribution in [1.29, 1.82) is 0 Å². The fourth-order valence-corrected chi connectivity index (χ4v) is 4.34. The molecule has 0 saturated heterocycles. The number of likely N-dealkylation sites (N-methyl/N-ethyl adjacent to an activating group) is 1. The second kappa shape index (κ2) is 16.7. The van der Waals surface area contributed by atoms with Crippen LogP contribution in [0.5, 0.6) is 0 Å². The standard InChI is InChI=1S/C20H23N7O7.C9H18NO3/c21-20-25-16-15(18(32)26-20)27(9-28)12(8-23-16)7-22-11-3-1-10(2-4-11)17(31)24-13(19(33)34)5-6-14(29)30;1-7(11)9(13-8(2)12)6-10(3,4)5/h1-4,9,12-13,22H,5-8H2,(H,24,31)(H,29,30)(H,33,34)(H4,21,23,25,26,32);9H,6H2,1-5H3/q;+1/t12-,13?;/m0./s1. The van der Waals surface area contributed by atoms with Crippen molar-refractivity contribution in [2.75, 3.05) is 62.0 Å². The molecule has 0 aliphatic carbocycles. The van der Waals surface area contributed by atoms with Gasteiger partial charge in [-0.15, -0.1) is 0 Å². The molecule has 0 bridgehead atoms. The Morgan fingerprint density at radius 2 is 1.79 bits per heavy atom. The first-order valence-electron chi connectivity index (χ1n) is 14.4. The molecule has 0 fully saturated rings. The van der Waals surface area contributed by atoms with Gasteiger partial charge in [0.2, 0.25) is 18.5 Å². The summed E-state index contributed by atoms with van der Waals surface area (Å²) in [7, 11) is 5.83. The number of amides is 2. The smallest absolute Gasteiger partial charge is 0.326 e. The van der Waals surface area contributed by atoms with E-state index >= 15 is 0 Å². The monoisotopic (exact) mass is 661 g/mol. The summed E-state index contributed by atoms with van der Waals surface area (Å²) in [6, 6.07) is 4.36. The average Bonchev–Trinajstić information content (AvgIpc) is 2.96. The van der Waals surface area contributed by atoms with Gasteiger partial charge < -0.3 is 46.0 Å². The molecule has 2 unspecified atom stereocenters. The van der Waals surface area contributed by atoms with Crippen LogP contribution in [0.25, 0.3) is 0 Å². The van der Waals surface area contributed by atoms with Gasteiger partial charge in [0, 0.05) is 37.7 Å². The molecule has 3 atom stereocenters. The molecular formula is C29H41N8O10+. The van der Waals surface area contributed by atoms with E-state index in [1.165, 1.54) is 30.9 Å². The van der Waals surface area contributed by atoms with Gasteiger partial charge in [-0.2, -0.15) is 4.98 Å². The summed E-state index contributed by atoms with van der Waals surface area (Å²) in [5, 5.41) is 26.3. The van der Waals surface area contributed by atoms with Crippen molar-refractivity contribution in [3.8, 4) is 0 Å². The van der Waals surface area contributed by atoms with Crippen LogP contribution in [0.3, 0.4) is 0 Å². The number of carboxylic acids is 2. The van der Waals surface area contributed by atoms with Crippen LogP contribution in [0.15, 0.2) is 29.1 Å². The Morgan fingerprint density at radius 3 is 2.30 bits per heavy atom. The second-order valence-corrected chi connectivity index (χ2v) is 11.6. The number of Topliss-reactive ketones (excluding diaryl/α,β-unsaturated/α-hetero) is 1. The van der Waals surface area contributed by atoms with E-state index in [-0.39, 0.29) is 41.8 Å². The number of nitrogens with zero attached hydrogens (tertiary/aromatic N) is 3. The fraction of sp³-hybridized carbons (Fsp3) is 0.448. The number of esters is 1. The summed E-state index contributed by atoms with van der Waals surface area (Å²) in [4.78, 5) is 87.5. The lowest BCUT2D eigenvalue weighted by molar-refractivity contribution is -0.872. The Kier molecular flexibility index (Phi) is 13.4. The van der Waals surface area contributed by atoms with Crippen molar-refractivity contribution in [2.45, 2.75) is 44.9 Å². The van der Waals surface area contributed by atoms with Gasteiger partial charge in [-0.05, 0) is 37.6 Å². The second-order valence-electron chi connectivity index (χ2n) is 11.6. The van der Waals surface area contributed by atoms with Crippen molar-refractivity contribution in [3.63, 3.8) is 0 Å². The molecule has 0 spiro atoms. The quantitative estimate of drug-likeness (QED) is 0.0764. The van der Waals surface area contributed by atoms with Crippen LogP contribution in [0.2, 0.25) is 0 Å². The number of carbonyl (C=O) groups excluding carboxylic acids is 4. The summed E-state index contributed by atoms with van der Waals surface area (Å²) in [5.41, 5.74) is 5.84. The number of quaternary nitrogens is 1. The Hall–Kier alpha value is -5.52. The largest absolute Gasteiger partial charge is 0.481 e. The number of ether oxygens (including phenoxy) is 1. The fourth-order valence-electron chi connectivity index (χ4n) is 4.34. The first-order chi connectivity index (χ1) is 21.9. The van der Waals surface area contributed by atoms with E-state index in [1.807, 2.05) is 21.1 Å². The van der Waals surface area contributed by atoms with E-state index in [2.05, 4.69) is 25.9 Å². The Bertz CT molecular complexity index is 1520. The van der Waals surface area contributed by atoms with E-state index in [4.69, 9.17) is 15.6 Å². The van der Waals surface area contributed by atoms with E-state index in [9.17, 15) is 38.7 Å². The Labute approximate surface area is 269 Å². The zero-order valence-electron chi connectivity index (χ0n) is 26.7. The number of hydrogen-bond donors (Lipinski definition) is 7. The van der Waals surface area contributed by atoms with Gasteiger partial charge in [0.25, 0.3) is 11.5 Å². The van der Waals surface area contributed by atoms with Gasteiger partial charge in [0.1, 0.15) is 12.6 Å². The third-order valence-electron chi connectivity index (χ3n) is 6.60. The van der Waals surface area contributed by atoms with Crippen LogP contribution in [-0.4, -0.2) is 120 Å². The van der Waals surface area contributed by atoms with Crippen LogP contribution >= 0.6 is 0 Å². The van der Waals surface area contributed by atoms with Crippen molar-refractivity contribution >= 4 is 59.1 Å². The molecule has 18 heteroatoms. The maximum atomic E-state index is 12.3. The number of rotatable bonds is 14. The zero-order valence-corrected chi connectivity index (χ0v) is 26.7. The number of hydrogen-bond acceptors (Lipinski definition) is 12. The summed E-state index contributed by atoms with van der Waals surface area (Å²) in [6.07, 6.45) is -0.714. The van der Waals surface area contributed by atoms with Crippen LogP contribution in [-0.2, 0) is 28.7 Å². The first kappa shape index (κ1) is 37.7. The number of aliphatic carboxylic acids is 2. The molecule has 8 N–H and O–H groups in total. The van der Waals surface area contributed by atoms with Gasteiger partial charge in [-0.25, -0.2) is 4.79 Å². The van der Waals surface area contributed by atoms with Crippen LogP contribution in [0.4, 0.5) is 23.1 Å². The third kappa shape index (κ3) is 12.1. The van der Waals surface area contributed by atoms with Gasteiger partial charge in [-0.1, -0.05) is 0 Å². The highest BCUT2D eigenvalue weighted by atomic mass is 16.5. The molecule has 0 radical (unpaired) electrons. The highest BCUT2D eigenvalue weighted by Crippen LogP contribution is 2.25. The Balaban J connectivity index is 0.000000500. The third-order valence-corrected chi connectivity index (χ3v) is 6.60. The van der Waals surface area contributed by atoms with E-state index < -0.39 is 54.0 Å². The predicted octanol–water partition coefficient (Wildman–Crippen LogP) is -0.518. The maximum Gasteiger partial charge on any atom is 0.326 e. The molecule has 256 valence electrons. The lowest BCUT2D eigenvalue weighted by Gasteiger charge is -2.34. The molecule has 3 rings (SSSR count). The number of nitrogens with one attached hydrogen (secondary N) is 4. The molecule has 2 aromatic rings. The summed E-state index contributed by atoms with van der Waals surface area (Å²) < 4.78 is 5.48. The van der Waals surface area contributed by atoms with Crippen LogP contribution in [0.1, 0.15) is 37.0 Å². The number of benzene rings is 1. The molecule has 1 aromatic carbocycles. The number of H-pyrrole nitrogens is 1. The number of carboxylic acid groups (broad SMARTS) is 2. The number of aromatic amines is 1. The Morgan fingerprint density at radius 1 is 1.15 bits per heavy atom. The van der Waals surface area contributed by atoms with Crippen LogP contribution in [0, 0.1) is 0 Å². The van der Waals surface area contributed by atoms with E-state index in [1.54, 1.807) is 12.1 Å². The summed E-state index contributed by atoms with van der Waals surface area (Å²) in [5.74, 6) is -3.52. The number of anilines is 4. The molecule has 1 aromatic heterocycles. The highest BCUT2D eigenvalue weighted by molar-refractivity contribution is 5.97. The maximum absolute atomic E-state index is 12.3. The normalized spacial score (nSPS) is 14.9. The number of ketones is 1. The van der Waals surface area contributed by atoms with E-state index in [0.29, 0.717) is 29.7 Å². The summed E-state index contributed by atoms with van der Waals surface area (Å²) in [6.45, 7) is 3.82. The minimum Gasteiger partial charge on any atom is -0.481 e. The summed E-state index contributed by atoms with van der Waals surface area (Å²) >= 11 is 0. The molecular weight excluding hydrogens is 620 g/mol. The van der Waals surface area contributed by atoms with Crippen LogP contribution < -0.4 is 32.1 Å². The number of nitrogens with two attached hydrogens (primary N) is 1. The lowest BCUT2D eigenvalue weighted by atomic mass is 10.1. The van der Waals surface area contributed by atoms with Gasteiger partial charge >= 0.3 is 17.9 Å². The molecule has 47 heavy (non-hydrogen) atoms. The average molecular weight is 662 g/mol. The molecule has 1 aliphatic rings. The van der Waals surface area contributed by atoms with E-state index in [0.717, 1.165) is 0 Å². The number of fused-ring (bicyclic) bond motifs is 1. The van der Waals surface area contributed by atoms with Crippen molar-refractivity contribution < 1.29 is 48.2 Å².